The third kappa shape index (κ3) is 3.84. The molecule has 0 amide bonds. The molecule has 0 radical (unpaired) electrons. The molecule has 0 bridgehead atoms. The van der Waals surface area contributed by atoms with E-state index in [0.29, 0.717) is 11.5 Å². The van der Waals surface area contributed by atoms with Gasteiger partial charge in [-0.1, -0.05) is 38.1 Å². The van der Waals surface area contributed by atoms with E-state index in [1.807, 2.05) is 24.3 Å². The molecule has 0 fully saturated rings. The normalized spacial score (nSPS) is 10.7. The lowest BCUT2D eigenvalue weighted by Gasteiger charge is -2.05. The predicted molar refractivity (Wildman–Crippen MR) is 61.0 cm³/mol. The van der Waals surface area contributed by atoms with Crippen LogP contribution in [0.4, 0.5) is 0 Å². The molecule has 1 aromatic rings. The summed E-state index contributed by atoms with van der Waals surface area (Å²) in [5, 5.41) is 8.65. The predicted octanol–water partition coefficient (Wildman–Crippen LogP) is 2.45. The molecule has 1 rings (SSSR count). The van der Waals surface area contributed by atoms with Crippen LogP contribution in [0.3, 0.4) is 0 Å². The van der Waals surface area contributed by atoms with Gasteiger partial charge in [-0.15, -0.1) is 0 Å². The van der Waals surface area contributed by atoms with Crippen molar-refractivity contribution in [2.24, 2.45) is 5.92 Å². The van der Waals surface area contributed by atoms with Gasteiger partial charge in [0, 0.05) is 12.0 Å². The van der Waals surface area contributed by atoms with Crippen LogP contribution >= 0.6 is 0 Å². The molecule has 0 aliphatic rings. The van der Waals surface area contributed by atoms with E-state index in [-0.39, 0.29) is 18.8 Å². The van der Waals surface area contributed by atoms with Crippen LogP contribution in [0.25, 0.3) is 0 Å². The Bertz CT molecular complexity index is 312. The molecule has 1 N–H and O–H groups in total. The highest BCUT2D eigenvalue weighted by atomic mass is 16.3. The smallest absolute Gasteiger partial charge is 0.165 e. The van der Waals surface area contributed by atoms with E-state index in [2.05, 4.69) is 13.8 Å². The van der Waals surface area contributed by atoms with Crippen molar-refractivity contribution in [3.63, 3.8) is 0 Å². The quantitative estimate of drug-likeness (QED) is 0.751. The average Bonchev–Trinajstić information content (AvgIpc) is 2.18. The number of aliphatic hydroxyl groups excluding tert-OH is 1. The molecule has 15 heavy (non-hydrogen) atoms. The summed E-state index contributed by atoms with van der Waals surface area (Å²) >= 11 is 0. The van der Waals surface area contributed by atoms with Crippen LogP contribution in [-0.2, 0) is 6.42 Å². The lowest BCUT2D eigenvalue weighted by atomic mass is 10.0. The highest BCUT2D eigenvalue weighted by molar-refractivity contribution is 5.96. The van der Waals surface area contributed by atoms with Crippen LogP contribution in [0.1, 0.15) is 36.2 Å². The Hall–Kier alpha value is -1.15. The first kappa shape index (κ1) is 11.9. The van der Waals surface area contributed by atoms with E-state index in [0.717, 1.165) is 6.42 Å². The summed E-state index contributed by atoms with van der Waals surface area (Å²) in [7, 11) is 0. The zero-order valence-corrected chi connectivity index (χ0v) is 9.36. The summed E-state index contributed by atoms with van der Waals surface area (Å²) in [5.74, 6) is 0.637. The van der Waals surface area contributed by atoms with Gasteiger partial charge in [0.25, 0.3) is 0 Å². The number of Topliss-reactive ketones (excluding diaryl/α,β-unsaturated/α-hetero) is 1. The summed E-state index contributed by atoms with van der Waals surface area (Å²) in [5.41, 5.74) is 1.95. The fourth-order valence-electron chi connectivity index (χ4n) is 1.54. The monoisotopic (exact) mass is 206 g/mol. The third-order valence-electron chi connectivity index (χ3n) is 2.26. The molecular formula is C13H18O2. The van der Waals surface area contributed by atoms with Crippen LogP contribution in [0.2, 0.25) is 0 Å². The second-order valence-corrected chi connectivity index (χ2v) is 4.19. The molecule has 0 spiro atoms. The van der Waals surface area contributed by atoms with E-state index in [1.54, 1.807) is 0 Å². The summed E-state index contributed by atoms with van der Waals surface area (Å²) < 4.78 is 0. The first-order valence-electron chi connectivity index (χ1n) is 5.36. The number of ketones is 1. The summed E-state index contributed by atoms with van der Waals surface area (Å²) in [4.78, 5) is 11.4. The second-order valence-electron chi connectivity index (χ2n) is 4.19. The largest absolute Gasteiger partial charge is 0.396 e. The zero-order valence-electron chi connectivity index (χ0n) is 9.36. The maximum atomic E-state index is 11.4. The Balaban J connectivity index is 2.67. The minimum atomic E-state index is -0.0768. The van der Waals surface area contributed by atoms with E-state index in [9.17, 15) is 4.79 Å². The van der Waals surface area contributed by atoms with Crippen LogP contribution < -0.4 is 0 Å². The number of hydrogen-bond donors (Lipinski definition) is 1. The third-order valence-corrected chi connectivity index (χ3v) is 2.26. The fourth-order valence-corrected chi connectivity index (χ4v) is 1.54. The minimum absolute atomic E-state index is 0.00796. The van der Waals surface area contributed by atoms with Gasteiger partial charge in [-0.3, -0.25) is 4.79 Å². The fraction of sp³-hybridized carbons (Fsp3) is 0.462. The molecule has 2 heteroatoms. The maximum absolute atomic E-state index is 11.4. The maximum Gasteiger partial charge on any atom is 0.165 e. The van der Waals surface area contributed by atoms with Crippen molar-refractivity contribution >= 4 is 5.78 Å². The van der Waals surface area contributed by atoms with Crippen molar-refractivity contribution in [3.05, 3.63) is 35.4 Å². The molecular weight excluding hydrogens is 188 g/mol. The average molecular weight is 206 g/mol. The lowest BCUT2D eigenvalue weighted by Crippen LogP contribution is -2.02. The molecule has 1 aromatic carbocycles. The second kappa shape index (κ2) is 5.66. The van der Waals surface area contributed by atoms with Gasteiger partial charge in [0.2, 0.25) is 0 Å². The molecule has 82 valence electrons. The zero-order chi connectivity index (χ0) is 11.3. The summed E-state index contributed by atoms with van der Waals surface area (Å²) in [6.45, 7) is 4.27. The van der Waals surface area contributed by atoms with Crippen molar-refractivity contribution in [2.75, 3.05) is 6.61 Å². The number of rotatable bonds is 5. The number of carbonyl (C=O) groups excluding carboxylic acids is 1. The molecule has 2 nitrogen and oxygen atoms in total. The van der Waals surface area contributed by atoms with Crippen molar-refractivity contribution in [3.8, 4) is 0 Å². The van der Waals surface area contributed by atoms with E-state index >= 15 is 0 Å². The van der Waals surface area contributed by atoms with Gasteiger partial charge in [-0.05, 0) is 17.9 Å². The Morgan fingerprint density at radius 3 is 2.33 bits per heavy atom. The molecule has 0 saturated heterocycles. The van der Waals surface area contributed by atoms with Crippen molar-refractivity contribution in [1.29, 1.82) is 0 Å². The van der Waals surface area contributed by atoms with E-state index in [1.165, 1.54) is 5.56 Å². The number of carbonyl (C=O) groups is 1. The topological polar surface area (TPSA) is 37.3 Å². The molecule has 0 aromatic heterocycles. The van der Waals surface area contributed by atoms with Crippen LogP contribution in [0.5, 0.6) is 0 Å². The van der Waals surface area contributed by atoms with E-state index in [4.69, 9.17) is 5.11 Å². The number of hydrogen-bond acceptors (Lipinski definition) is 2. The SMILES string of the molecule is CC(C)Cc1ccc(C(=O)CCO)cc1. The number of benzene rings is 1. The van der Waals surface area contributed by atoms with Gasteiger partial charge in [0.05, 0.1) is 6.61 Å². The molecule has 0 unspecified atom stereocenters. The van der Waals surface area contributed by atoms with Gasteiger partial charge < -0.3 is 5.11 Å². The van der Waals surface area contributed by atoms with Gasteiger partial charge >= 0.3 is 0 Å². The van der Waals surface area contributed by atoms with Gasteiger partial charge in [-0.25, -0.2) is 0 Å². The lowest BCUT2D eigenvalue weighted by molar-refractivity contribution is 0.0956. The van der Waals surface area contributed by atoms with Crippen molar-refractivity contribution in [2.45, 2.75) is 26.7 Å². The van der Waals surface area contributed by atoms with Gasteiger partial charge in [0.1, 0.15) is 0 Å². The van der Waals surface area contributed by atoms with Crippen LogP contribution in [0.15, 0.2) is 24.3 Å². The van der Waals surface area contributed by atoms with E-state index < -0.39 is 0 Å². The van der Waals surface area contributed by atoms with Crippen LogP contribution in [-0.4, -0.2) is 17.5 Å². The first-order valence-corrected chi connectivity index (χ1v) is 5.36. The highest BCUT2D eigenvalue weighted by Gasteiger charge is 2.04. The Morgan fingerprint density at radius 1 is 1.27 bits per heavy atom. The number of aliphatic hydroxyl groups is 1. The highest BCUT2D eigenvalue weighted by Crippen LogP contribution is 2.10. The molecule has 0 aliphatic heterocycles. The molecule has 0 heterocycles. The summed E-state index contributed by atoms with van der Waals surface area (Å²) in [6.07, 6.45) is 1.25. The Labute approximate surface area is 90.9 Å². The summed E-state index contributed by atoms with van der Waals surface area (Å²) in [6, 6.07) is 7.67. The van der Waals surface area contributed by atoms with Gasteiger partial charge in [0.15, 0.2) is 5.78 Å². The minimum Gasteiger partial charge on any atom is -0.396 e. The Kier molecular flexibility index (Phi) is 4.50. The Morgan fingerprint density at radius 2 is 1.87 bits per heavy atom. The molecule has 0 saturated carbocycles. The molecule has 0 aliphatic carbocycles. The standard InChI is InChI=1S/C13H18O2/c1-10(2)9-11-3-5-12(6-4-11)13(15)7-8-14/h3-6,10,14H,7-9H2,1-2H3. The van der Waals surface area contributed by atoms with Gasteiger partial charge in [-0.2, -0.15) is 0 Å². The first-order chi connectivity index (χ1) is 7.13. The van der Waals surface area contributed by atoms with Crippen molar-refractivity contribution in [1.82, 2.24) is 0 Å². The van der Waals surface area contributed by atoms with Crippen molar-refractivity contribution < 1.29 is 9.90 Å². The molecule has 0 atom stereocenters. The van der Waals surface area contributed by atoms with Crippen LogP contribution in [0, 0.1) is 5.92 Å².